The number of amides is 2. The third-order valence-corrected chi connectivity index (χ3v) is 5.98. The minimum atomic E-state index is -4.50. The van der Waals surface area contributed by atoms with Crippen LogP contribution in [0.4, 0.5) is 13.2 Å². The van der Waals surface area contributed by atoms with Crippen molar-refractivity contribution < 1.29 is 32.2 Å². The monoisotopic (exact) mass is 459 g/mol. The summed E-state index contributed by atoms with van der Waals surface area (Å²) in [4.78, 5) is 22.8. The van der Waals surface area contributed by atoms with E-state index in [9.17, 15) is 22.8 Å². The first-order valence-electron chi connectivity index (χ1n) is 8.82. The van der Waals surface area contributed by atoms with Crippen molar-refractivity contribution in [1.82, 2.24) is 5.32 Å². The second-order valence-corrected chi connectivity index (χ2v) is 7.86. The van der Waals surface area contributed by atoms with Gasteiger partial charge in [0.2, 0.25) is 12.3 Å². The van der Waals surface area contributed by atoms with Gasteiger partial charge in [0.15, 0.2) is 0 Å². The van der Waals surface area contributed by atoms with Gasteiger partial charge in [-0.05, 0) is 42.5 Å². The van der Waals surface area contributed by atoms with E-state index in [1.807, 2.05) is 0 Å². The number of halogens is 4. The molecule has 0 saturated heterocycles. The number of hydrogen-bond donors (Lipinski definition) is 1. The van der Waals surface area contributed by atoms with E-state index in [4.69, 9.17) is 21.1 Å². The number of alkyl halides is 3. The van der Waals surface area contributed by atoms with Crippen molar-refractivity contribution in [3.63, 3.8) is 0 Å². The number of benzene rings is 2. The molecule has 0 aliphatic carbocycles. The molecule has 0 aromatic heterocycles. The van der Waals surface area contributed by atoms with Crippen LogP contribution in [0.15, 0.2) is 36.4 Å². The van der Waals surface area contributed by atoms with Crippen LogP contribution in [-0.4, -0.2) is 30.4 Å². The van der Waals surface area contributed by atoms with E-state index >= 15 is 0 Å². The van der Waals surface area contributed by atoms with Gasteiger partial charge in [0.25, 0.3) is 0 Å². The smallest absolute Gasteiger partial charge is 0.416 e. The molecule has 2 atom stereocenters. The van der Waals surface area contributed by atoms with Crippen LogP contribution in [0.2, 0.25) is 5.02 Å². The minimum Gasteiger partial charge on any atom is -0.493 e. The van der Waals surface area contributed by atoms with Crippen LogP contribution in [0, 0.1) is 0 Å². The molecule has 0 radical (unpaired) electrons. The van der Waals surface area contributed by atoms with Crippen molar-refractivity contribution in [2.75, 3.05) is 12.9 Å². The van der Waals surface area contributed by atoms with E-state index in [1.165, 1.54) is 11.8 Å². The number of thioether (sulfide) groups is 1. The average molecular weight is 460 g/mol. The predicted molar refractivity (Wildman–Crippen MR) is 107 cm³/mol. The first kappa shape index (κ1) is 22.3. The normalized spacial score (nSPS) is 16.8. The molecule has 2 amide bonds. The number of hydrogen-bond acceptors (Lipinski definition) is 5. The van der Waals surface area contributed by atoms with Gasteiger partial charge in [-0.25, -0.2) is 0 Å². The van der Waals surface area contributed by atoms with Crippen LogP contribution < -0.4 is 14.8 Å². The lowest BCUT2D eigenvalue weighted by Crippen LogP contribution is -2.37. The molecule has 10 heteroatoms. The highest BCUT2D eigenvalue weighted by atomic mass is 35.5. The summed E-state index contributed by atoms with van der Waals surface area (Å²) >= 11 is 7.28. The van der Waals surface area contributed by atoms with Gasteiger partial charge >= 0.3 is 6.18 Å². The highest BCUT2D eigenvalue weighted by molar-refractivity contribution is 8.00. The fourth-order valence-corrected chi connectivity index (χ4v) is 4.37. The summed E-state index contributed by atoms with van der Waals surface area (Å²) in [6, 6.07) is 7.82. The summed E-state index contributed by atoms with van der Waals surface area (Å²) in [7, 11) is 0. The van der Waals surface area contributed by atoms with E-state index in [0.717, 1.165) is 23.8 Å². The Balaban J connectivity index is 1.84. The van der Waals surface area contributed by atoms with Crippen molar-refractivity contribution in [2.45, 2.75) is 23.8 Å². The molecular formula is C20H17ClF3NO4S. The van der Waals surface area contributed by atoms with Gasteiger partial charge in [-0.3, -0.25) is 14.9 Å². The van der Waals surface area contributed by atoms with Gasteiger partial charge < -0.3 is 9.47 Å². The molecule has 1 N–H and O–H groups in total. The molecule has 1 heterocycles. The van der Waals surface area contributed by atoms with Crippen molar-refractivity contribution >= 4 is 35.7 Å². The van der Waals surface area contributed by atoms with Crippen LogP contribution in [0.1, 0.15) is 23.5 Å². The third-order valence-electron chi connectivity index (χ3n) is 4.64. The summed E-state index contributed by atoms with van der Waals surface area (Å²) in [6.07, 6.45) is -1.76. The Labute approximate surface area is 179 Å². The quantitative estimate of drug-likeness (QED) is 0.614. The first-order chi connectivity index (χ1) is 14.2. The van der Waals surface area contributed by atoms with Crippen molar-refractivity contribution in [3.8, 4) is 17.2 Å². The zero-order chi connectivity index (χ0) is 21.9. The largest absolute Gasteiger partial charge is 0.493 e. The molecule has 160 valence electrons. The maximum absolute atomic E-state index is 12.8. The number of imide groups is 1. The van der Waals surface area contributed by atoms with E-state index in [0.29, 0.717) is 30.9 Å². The Morgan fingerprint density at radius 3 is 2.73 bits per heavy atom. The molecule has 0 spiro atoms. The zero-order valence-corrected chi connectivity index (χ0v) is 17.2. The zero-order valence-electron chi connectivity index (χ0n) is 15.7. The molecule has 0 fully saturated rings. The van der Waals surface area contributed by atoms with Gasteiger partial charge in [0, 0.05) is 12.0 Å². The lowest BCUT2D eigenvalue weighted by Gasteiger charge is -2.30. The first-order valence-corrected chi connectivity index (χ1v) is 10.5. The molecule has 2 aromatic rings. The number of nitrogens with one attached hydrogen (secondary N) is 1. The van der Waals surface area contributed by atoms with E-state index in [-0.39, 0.29) is 22.6 Å². The van der Waals surface area contributed by atoms with Crippen LogP contribution in [0.25, 0.3) is 0 Å². The Morgan fingerprint density at radius 1 is 1.33 bits per heavy atom. The lowest BCUT2D eigenvalue weighted by molar-refractivity contribution is -0.137. The summed E-state index contributed by atoms with van der Waals surface area (Å²) in [6.45, 7) is 0.369. The highest BCUT2D eigenvalue weighted by Gasteiger charge is 2.34. The SMILES string of the molecule is CSC(C(=O)NC=O)C1CCOc2cc(Oc3ccc(C(F)(F)F)cc3Cl)ccc21. The summed E-state index contributed by atoms with van der Waals surface area (Å²) in [5, 5.41) is 1.54. The fraction of sp³-hybridized carbons (Fsp3) is 0.300. The number of fused-ring (bicyclic) bond motifs is 1. The Morgan fingerprint density at radius 2 is 2.10 bits per heavy atom. The fourth-order valence-electron chi connectivity index (χ4n) is 3.26. The Hall–Kier alpha value is -2.39. The summed E-state index contributed by atoms with van der Waals surface area (Å²) in [5.41, 5.74) is -0.0827. The van der Waals surface area contributed by atoms with Crippen LogP contribution in [-0.2, 0) is 15.8 Å². The molecule has 30 heavy (non-hydrogen) atoms. The van der Waals surface area contributed by atoms with Gasteiger partial charge in [-0.2, -0.15) is 24.9 Å². The van der Waals surface area contributed by atoms with Gasteiger partial charge in [0.05, 0.1) is 22.4 Å². The lowest BCUT2D eigenvalue weighted by atomic mass is 9.89. The van der Waals surface area contributed by atoms with Crippen molar-refractivity contribution in [1.29, 1.82) is 0 Å². The number of ether oxygens (including phenoxy) is 2. The van der Waals surface area contributed by atoms with Gasteiger partial charge in [-0.1, -0.05) is 17.7 Å². The molecule has 2 aromatic carbocycles. The van der Waals surface area contributed by atoms with Crippen molar-refractivity contribution in [3.05, 3.63) is 52.5 Å². The molecule has 3 rings (SSSR count). The Kier molecular flexibility index (Phi) is 6.82. The van der Waals surface area contributed by atoms with E-state index in [2.05, 4.69) is 5.32 Å². The highest BCUT2D eigenvalue weighted by Crippen LogP contribution is 2.42. The minimum absolute atomic E-state index is 0.0735. The van der Waals surface area contributed by atoms with Gasteiger partial charge in [-0.15, -0.1) is 0 Å². The standard InChI is InChI=1S/C20H17ClF3NO4S/c1-30-18(19(27)25-10-26)14-6-7-28-17-9-12(3-4-13(14)17)29-16-5-2-11(8-15(16)21)20(22,23)24/h2-5,8-10,14,18H,6-7H2,1H3,(H,25,26,27). The van der Waals surface area contributed by atoms with E-state index in [1.54, 1.807) is 24.5 Å². The molecule has 0 saturated carbocycles. The maximum Gasteiger partial charge on any atom is 0.416 e. The van der Waals surface area contributed by atoms with Crippen LogP contribution in [0.3, 0.4) is 0 Å². The molecule has 0 bridgehead atoms. The number of rotatable bonds is 6. The molecule has 1 aliphatic heterocycles. The second kappa shape index (κ2) is 9.18. The number of carbonyl (C=O) groups is 2. The molecule has 2 unspecified atom stereocenters. The Bertz CT molecular complexity index is 954. The maximum atomic E-state index is 12.8. The summed E-state index contributed by atoms with van der Waals surface area (Å²) < 4.78 is 49.7. The molecular weight excluding hydrogens is 443 g/mol. The second-order valence-electron chi connectivity index (χ2n) is 6.47. The molecule has 5 nitrogen and oxygen atoms in total. The van der Waals surface area contributed by atoms with Crippen LogP contribution in [0.5, 0.6) is 17.2 Å². The third kappa shape index (κ3) is 4.84. The topological polar surface area (TPSA) is 64.6 Å². The summed E-state index contributed by atoms with van der Waals surface area (Å²) in [5.74, 6) is 0.350. The van der Waals surface area contributed by atoms with Crippen molar-refractivity contribution in [2.24, 2.45) is 0 Å². The molecule has 1 aliphatic rings. The average Bonchev–Trinajstić information content (AvgIpc) is 2.69. The predicted octanol–water partition coefficient (Wildman–Crippen LogP) is 5.02. The van der Waals surface area contributed by atoms with E-state index < -0.39 is 17.0 Å². The van der Waals surface area contributed by atoms with Gasteiger partial charge in [0.1, 0.15) is 17.2 Å². The number of carbonyl (C=O) groups excluding carboxylic acids is 2. The van der Waals surface area contributed by atoms with Crippen LogP contribution >= 0.6 is 23.4 Å².